The first kappa shape index (κ1) is 11.6. The van der Waals surface area contributed by atoms with Crippen LogP contribution in [0.15, 0.2) is 24.3 Å². The van der Waals surface area contributed by atoms with Gasteiger partial charge in [-0.1, -0.05) is 24.3 Å². The Morgan fingerprint density at radius 2 is 2.06 bits per heavy atom. The van der Waals surface area contributed by atoms with E-state index in [9.17, 15) is 0 Å². The summed E-state index contributed by atoms with van der Waals surface area (Å²) in [5.41, 5.74) is 2.91. The van der Waals surface area contributed by atoms with Gasteiger partial charge < -0.3 is 5.32 Å². The molecule has 1 heterocycles. The summed E-state index contributed by atoms with van der Waals surface area (Å²) in [6, 6.07) is 9.52. The molecule has 2 heteroatoms. The van der Waals surface area contributed by atoms with Crippen LogP contribution in [0.25, 0.3) is 0 Å². The molecule has 0 aliphatic carbocycles. The van der Waals surface area contributed by atoms with Crippen molar-refractivity contribution in [2.75, 3.05) is 13.6 Å². The Balaban J connectivity index is 2.07. The Morgan fingerprint density at radius 1 is 1.31 bits per heavy atom. The minimum atomic E-state index is 0.752. The standard InChI is InChI=1S/C14H22N2/c1-12-6-5-9-16(12)11-14-8-4-3-7-13(14)10-15-2/h3-4,7-8,12,15H,5-6,9-11H2,1-2H3. The maximum atomic E-state index is 3.24. The van der Waals surface area contributed by atoms with E-state index < -0.39 is 0 Å². The second-order valence-electron chi connectivity index (χ2n) is 4.76. The van der Waals surface area contributed by atoms with E-state index >= 15 is 0 Å². The minimum Gasteiger partial charge on any atom is -0.316 e. The van der Waals surface area contributed by atoms with Crippen LogP contribution >= 0.6 is 0 Å². The lowest BCUT2D eigenvalue weighted by molar-refractivity contribution is 0.259. The van der Waals surface area contributed by atoms with Crippen molar-refractivity contribution in [1.82, 2.24) is 10.2 Å². The molecule has 1 saturated heterocycles. The summed E-state index contributed by atoms with van der Waals surface area (Å²) in [6.07, 6.45) is 2.71. The second kappa shape index (κ2) is 5.46. The number of nitrogens with zero attached hydrogens (tertiary/aromatic N) is 1. The summed E-state index contributed by atoms with van der Waals surface area (Å²) >= 11 is 0. The fourth-order valence-corrected chi connectivity index (χ4v) is 2.52. The molecule has 0 spiro atoms. The van der Waals surface area contributed by atoms with Gasteiger partial charge in [-0.15, -0.1) is 0 Å². The first-order valence-corrected chi connectivity index (χ1v) is 6.26. The summed E-state index contributed by atoms with van der Waals surface area (Å²) < 4.78 is 0. The van der Waals surface area contributed by atoms with Crippen molar-refractivity contribution in [3.63, 3.8) is 0 Å². The Bertz CT molecular complexity index is 335. The fraction of sp³-hybridized carbons (Fsp3) is 0.571. The molecule has 16 heavy (non-hydrogen) atoms. The van der Waals surface area contributed by atoms with Crippen molar-refractivity contribution in [3.8, 4) is 0 Å². The van der Waals surface area contributed by atoms with Crippen LogP contribution in [0.5, 0.6) is 0 Å². The van der Waals surface area contributed by atoms with E-state index in [0.29, 0.717) is 0 Å². The number of hydrogen-bond donors (Lipinski definition) is 1. The topological polar surface area (TPSA) is 15.3 Å². The van der Waals surface area contributed by atoms with Crippen LogP contribution in [-0.2, 0) is 13.1 Å². The molecule has 1 N–H and O–H groups in total. The van der Waals surface area contributed by atoms with Gasteiger partial charge in [-0.05, 0) is 44.5 Å². The molecular formula is C14H22N2. The molecule has 0 amide bonds. The van der Waals surface area contributed by atoms with E-state index in [1.165, 1.54) is 30.5 Å². The van der Waals surface area contributed by atoms with Crippen LogP contribution in [0.4, 0.5) is 0 Å². The van der Waals surface area contributed by atoms with E-state index in [4.69, 9.17) is 0 Å². The molecule has 0 saturated carbocycles. The van der Waals surface area contributed by atoms with Gasteiger partial charge in [0.25, 0.3) is 0 Å². The van der Waals surface area contributed by atoms with Gasteiger partial charge in [-0.25, -0.2) is 0 Å². The Hall–Kier alpha value is -0.860. The summed E-state index contributed by atoms with van der Waals surface area (Å²) in [7, 11) is 2.01. The molecule has 2 nitrogen and oxygen atoms in total. The van der Waals surface area contributed by atoms with Crippen LogP contribution in [0.2, 0.25) is 0 Å². The predicted octanol–water partition coefficient (Wildman–Crippen LogP) is 2.39. The van der Waals surface area contributed by atoms with Crippen molar-refractivity contribution < 1.29 is 0 Å². The van der Waals surface area contributed by atoms with Crippen LogP contribution in [0.1, 0.15) is 30.9 Å². The average Bonchev–Trinajstić information content (AvgIpc) is 2.68. The lowest BCUT2D eigenvalue weighted by atomic mass is 10.1. The molecule has 1 atom stereocenters. The van der Waals surface area contributed by atoms with Crippen LogP contribution < -0.4 is 5.32 Å². The van der Waals surface area contributed by atoms with E-state index in [-0.39, 0.29) is 0 Å². The molecule has 1 aliphatic heterocycles. The van der Waals surface area contributed by atoms with Crippen LogP contribution in [-0.4, -0.2) is 24.5 Å². The van der Waals surface area contributed by atoms with E-state index in [2.05, 4.69) is 41.4 Å². The first-order chi connectivity index (χ1) is 7.81. The van der Waals surface area contributed by atoms with Crippen LogP contribution in [0.3, 0.4) is 0 Å². The number of hydrogen-bond acceptors (Lipinski definition) is 2. The fourth-order valence-electron chi connectivity index (χ4n) is 2.52. The smallest absolute Gasteiger partial charge is 0.0239 e. The zero-order chi connectivity index (χ0) is 11.4. The normalized spacial score (nSPS) is 21.5. The quantitative estimate of drug-likeness (QED) is 0.835. The Morgan fingerprint density at radius 3 is 2.69 bits per heavy atom. The highest BCUT2D eigenvalue weighted by Crippen LogP contribution is 2.20. The number of likely N-dealkylation sites (tertiary alicyclic amines) is 1. The van der Waals surface area contributed by atoms with Crippen molar-refractivity contribution in [2.24, 2.45) is 0 Å². The maximum absolute atomic E-state index is 3.24. The van der Waals surface area contributed by atoms with Gasteiger partial charge in [0, 0.05) is 19.1 Å². The lowest BCUT2D eigenvalue weighted by Crippen LogP contribution is -2.27. The maximum Gasteiger partial charge on any atom is 0.0239 e. The Kier molecular flexibility index (Phi) is 3.97. The molecule has 0 aromatic heterocycles. The minimum absolute atomic E-state index is 0.752. The number of rotatable bonds is 4. The third-order valence-electron chi connectivity index (χ3n) is 3.55. The largest absolute Gasteiger partial charge is 0.316 e. The highest BCUT2D eigenvalue weighted by molar-refractivity contribution is 5.27. The molecule has 2 rings (SSSR count). The number of benzene rings is 1. The summed E-state index contributed by atoms with van der Waals surface area (Å²) in [4.78, 5) is 2.59. The van der Waals surface area contributed by atoms with Crippen molar-refractivity contribution >= 4 is 0 Å². The lowest BCUT2D eigenvalue weighted by Gasteiger charge is -2.22. The SMILES string of the molecule is CNCc1ccccc1CN1CCCC1C. The highest BCUT2D eigenvalue weighted by atomic mass is 15.2. The zero-order valence-electron chi connectivity index (χ0n) is 10.4. The third kappa shape index (κ3) is 2.63. The van der Waals surface area contributed by atoms with Gasteiger partial charge in [-0.2, -0.15) is 0 Å². The van der Waals surface area contributed by atoms with Gasteiger partial charge in [0.1, 0.15) is 0 Å². The van der Waals surface area contributed by atoms with E-state index in [0.717, 1.165) is 19.1 Å². The molecule has 1 aromatic rings. The van der Waals surface area contributed by atoms with E-state index in [1.54, 1.807) is 0 Å². The summed E-state index contributed by atoms with van der Waals surface area (Å²) in [5.74, 6) is 0. The van der Waals surface area contributed by atoms with E-state index in [1.807, 2.05) is 7.05 Å². The van der Waals surface area contributed by atoms with Crippen LogP contribution in [0, 0.1) is 0 Å². The predicted molar refractivity (Wildman–Crippen MR) is 68.3 cm³/mol. The third-order valence-corrected chi connectivity index (χ3v) is 3.55. The monoisotopic (exact) mass is 218 g/mol. The second-order valence-corrected chi connectivity index (χ2v) is 4.76. The zero-order valence-corrected chi connectivity index (χ0v) is 10.4. The molecule has 1 fully saturated rings. The van der Waals surface area contributed by atoms with Gasteiger partial charge in [0.05, 0.1) is 0 Å². The van der Waals surface area contributed by atoms with Gasteiger partial charge >= 0.3 is 0 Å². The average molecular weight is 218 g/mol. The molecule has 0 bridgehead atoms. The molecular weight excluding hydrogens is 196 g/mol. The number of nitrogens with one attached hydrogen (secondary N) is 1. The Labute approximate surface area is 98.7 Å². The molecule has 88 valence electrons. The molecule has 1 aromatic carbocycles. The van der Waals surface area contributed by atoms with Gasteiger partial charge in [-0.3, -0.25) is 4.90 Å². The van der Waals surface area contributed by atoms with Gasteiger partial charge in [0.2, 0.25) is 0 Å². The van der Waals surface area contributed by atoms with Crippen molar-refractivity contribution in [1.29, 1.82) is 0 Å². The highest BCUT2D eigenvalue weighted by Gasteiger charge is 2.20. The van der Waals surface area contributed by atoms with Crippen molar-refractivity contribution in [3.05, 3.63) is 35.4 Å². The molecule has 1 aliphatic rings. The molecule has 1 unspecified atom stereocenters. The molecule has 0 radical (unpaired) electrons. The summed E-state index contributed by atoms with van der Waals surface area (Å²) in [6.45, 7) is 5.68. The summed E-state index contributed by atoms with van der Waals surface area (Å²) in [5, 5.41) is 3.24. The van der Waals surface area contributed by atoms with Crippen molar-refractivity contribution in [2.45, 2.75) is 38.9 Å². The first-order valence-electron chi connectivity index (χ1n) is 6.26. The van der Waals surface area contributed by atoms with Gasteiger partial charge in [0.15, 0.2) is 0 Å².